The Hall–Kier alpha value is -3.40. The number of imide groups is 1. The van der Waals surface area contributed by atoms with E-state index in [2.05, 4.69) is 17.6 Å². The Morgan fingerprint density at radius 1 is 0.929 bits per heavy atom. The number of aromatic nitrogens is 1. The van der Waals surface area contributed by atoms with Crippen molar-refractivity contribution in [2.45, 2.75) is 25.8 Å². The van der Waals surface area contributed by atoms with Crippen LogP contribution in [0.15, 0.2) is 72.9 Å². The number of hydrogen-bond acceptors (Lipinski definition) is 2. The first-order valence-electron chi connectivity index (χ1n) is 9.60. The van der Waals surface area contributed by atoms with Crippen molar-refractivity contribution in [3.8, 4) is 0 Å². The van der Waals surface area contributed by atoms with E-state index in [1.807, 2.05) is 66.9 Å². The number of carbonyl (C=O) groups excluding carboxylic acids is 2. The third kappa shape index (κ3) is 2.45. The smallest absolute Gasteiger partial charge is 0.241 e. The van der Waals surface area contributed by atoms with E-state index in [0.29, 0.717) is 5.69 Å². The molecule has 0 bridgehead atoms. The molecule has 0 saturated carbocycles. The summed E-state index contributed by atoms with van der Waals surface area (Å²) < 4.78 is 2.14. The lowest BCUT2D eigenvalue weighted by Gasteiger charge is -2.15. The number of aryl methyl sites for hydroxylation is 1. The molecule has 0 N–H and O–H groups in total. The van der Waals surface area contributed by atoms with Crippen molar-refractivity contribution in [3.05, 3.63) is 78.5 Å². The van der Waals surface area contributed by atoms with Gasteiger partial charge in [0.05, 0.1) is 11.6 Å². The molecule has 1 unspecified atom stereocenters. The van der Waals surface area contributed by atoms with Crippen LogP contribution in [0.4, 0.5) is 5.69 Å². The largest absolute Gasteiger partial charge is 0.347 e. The van der Waals surface area contributed by atoms with E-state index >= 15 is 0 Å². The van der Waals surface area contributed by atoms with Gasteiger partial charge in [-0.05, 0) is 41.5 Å². The zero-order valence-electron chi connectivity index (χ0n) is 15.6. The predicted octanol–water partition coefficient (Wildman–Crippen LogP) is 4.86. The number of nitrogens with zero attached hydrogens (tertiary/aromatic N) is 2. The highest BCUT2D eigenvalue weighted by atomic mass is 16.2. The first-order chi connectivity index (χ1) is 13.7. The fraction of sp³-hybridized carbons (Fsp3) is 0.167. The fourth-order valence-corrected chi connectivity index (χ4v) is 4.28. The summed E-state index contributed by atoms with van der Waals surface area (Å²) in [5.41, 5.74) is 2.69. The second kappa shape index (κ2) is 6.34. The molecule has 2 heterocycles. The molecule has 0 radical (unpaired) electrons. The Labute approximate surface area is 163 Å². The molecule has 3 aromatic carbocycles. The van der Waals surface area contributed by atoms with Crippen LogP contribution in [0.1, 0.15) is 24.8 Å². The summed E-state index contributed by atoms with van der Waals surface area (Å²) >= 11 is 0. The Bertz CT molecular complexity index is 1240. The Balaban J connectivity index is 1.58. The molecule has 0 spiro atoms. The first-order valence-corrected chi connectivity index (χ1v) is 9.60. The molecular formula is C24H20N2O2. The average Bonchev–Trinajstić information content (AvgIpc) is 3.24. The van der Waals surface area contributed by atoms with Crippen molar-refractivity contribution in [2.75, 3.05) is 4.90 Å². The van der Waals surface area contributed by atoms with E-state index in [0.717, 1.165) is 33.8 Å². The van der Waals surface area contributed by atoms with Gasteiger partial charge in [0.25, 0.3) is 0 Å². The highest BCUT2D eigenvalue weighted by Gasteiger charge is 2.41. The minimum absolute atomic E-state index is 0.140. The maximum absolute atomic E-state index is 13.3. The molecule has 1 fully saturated rings. The monoisotopic (exact) mass is 368 g/mol. The maximum Gasteiger partial charge on any atom is 0.241 e. The average molecular weight is 368 g/mol. The number of rotatable bonds is 3. The van der Waals surface area contributed by atoms with E-state index in [-0.39, 0.29) is 18.2 Å². The lowest BCUT2D eigenvalue weighted by Crippen LogP contribution is -2.29. The van der Waals surface area contributed by atoms with Gasteiger partial charge in [-0.2, -0.15) is 0 Å². The van der Waals surface area contributed by atoms with Gasteiger partial charge in [-0.3, -0.25) is 9.59 Å². The molecule has 1 aliphatic rings. The van der Waals surface area contributed by atoms with Gasteiger partial charge in [-0.15, -0.1) is 0 Å². The lowest BCUT2D eigenvalue weighted by molar-refractivity contribution is -0.121. The van der Waals surface area contributed by atoms with Crippen LogP contribution >= 0.6 is 0 Å². The highest BCUT2D eigenvalue weighted by molar-refractivity contribution is 6.23. The normalized spacial score (nSPS) is 17.2. The van der Waals surface area contributed by atoms with Gasteiger partial charge in [0.15, 0.2) is 0 Å². The van der Waals surface area contributed by atoms with Gasteiger partial charge in [-0.1, -0.05) is 48.5 Å². The summed E-state index contributed by atoms with van der Waals surface area (Å²) in [6, 6.07) is 21.8. The van der Waals surface area contributed by atoms with Crippen molar-refractivity contribution in [1.82, 2.24) is 4.57 Å². The first kappa shape index (κ1) is 16.8. The van der Waals surface area contributed by atoms with E-state index in [1.54, 1.807) is 0 Å². The van der Waals surface area contributed by atoms with Gasteiger partial charge in [0.1, 0.15) is 0 Å². The second-order valence-electron chi connectivity index (χ2n) is 7.24. The number of fused-ring (bicyclic) bond motifs is 2. The zero-order valence-corrected chi connectivity index (χ0v) is 15.6. The summed E-state index contributed by atoms with van der Waals surface area (Å²) in [7, 11) is 0. The Morgan fingerprint density at radius 2 is 1.68 bits per heavy atom. The van der Waals surface area contributed by atoms with Crippen LogP contribution in [0.5, 0.6) is 0 Å². The molecule has 28 heavy (non-hydrogen) atoms. The number of anilines is 1. The predicted molar refractivity (Wildman–Crippen MR) is 111 cm³/mol. The zero-order chi connectivity index (χ0) is 19.3. The topological polar surface area (TPSA) is 42.3 Å². The van der Waals surface area contributed by atoms with Crippen LogP contribution in [0.25, 0.3) is 21.7 Å². The SMILES string of the molecule is CCn1cc(C2CC(=O)N(c3ccc4ccccc4c3)C2=O)c2ccccc21. The number of para-hydroxylation sites is 1. The van der Waals surface area contributed by atoms with Crippen molar-refractivity contribution < 1.29 is 9.59 Å². The van der Waals surface area contributed by atoms with Crippen LogP contribution in [0.2, 0.25) is 0 Å². The van der Waals surface area contributed by atoms with E-state index < -0.39 is 5.92 Å². The minimum atomic E-state index is -0.434. The number of carbonyl (C=O) groups is 2. The van der Waals surface area contributed by atoms with Crippen LogP contribution in [0, 0.1) is 0 Å². The fourth-order valence-electron chi connectivity index (χ4n) is 4.28. The second-order valence-corrected chi connectivity index (χ2v) is 7.24. The van der Waals surface area contributed by atoms with Crippen molar-refractivity contribution >= 4 is 39.2 Å². The standard InChI is InChI=1S/C24H20N2O2/c1-2-25-15-21(19-9-5-6-10-22(19)25)20-14-23(27)26(24(20)28)18-12-11-16-7-3-4-8-17(16)13-18/h3-13,15,20H,2,14H2,1H3. The summed E-state index contributed by atoms with van der Waals surface area (Å²) in [5.74, 6) is -0.713. The number of amides is 2. The number of benzene rings is 3. The van der Waals surface area contributed by atoms with Crippen LogP contribution < -0.4 is 4.90 Å². The molecule has 138 valence electrons. The van der Waals surface area contributed by atoms with Gasteiger partial charge in [-0.25, -0.2) is 4.90 Å². The Kier molecular flexibility index (Phi) is 3.79. The highest BCUT2D eigenvalue weighted by Crippen LogP contribution is 2.38. The molecule has 0 aliphatic carbocycles. The third-order valence-corrected chi connectivity index (χ3v) is 5.67. The van der Waals surface area contributed by atoms with Crippen LogP contribution in [-0.4, -0.2) is 16.4 Å². The van der Waals surface area contributed by atoms with E-state index in [1.165, 1.54) is 4.90 Å². The molecule has 2 amide bonds. The summed E-state index contributed by atoms with van der Waals surface area (Å²) in [6.45, 7) is 2.91. The lowest BCUT2D eigenvalue weighted by atomic mass is 9.97. The molecule has 4 aromatic rings. The van der Waals surface area contributed by atoms with Crippen LogP contribution in [-0.2, 0) is 16.1 Å². The van der Waals surface area contributed by atoms with Gasteiger partial charge < -0.3 is 4.57 Å². The van der Waals surface area contributed by atoms with E-state index in [9.17, 15) is 9.59 Å². The molecule has 1 aromatic heterocycles. The summed E-state index contributed by atoms with van der Waals surface area (Å²) in [6.07, 6.45) is 2.24. The molecule has 4 heteroatoms. The molecule has 1 saturated heterocycles. The van der Waals surface area contributed by atoms with Gasteiger partial charge in [0, 0.05) is 30.1 Å². The third-order valence-electron chi connectivity index (χ3n) is 5.67. The van der Waals surface area contributed by atoms with Gasteiger partial charge in [0.2, 0.25) is 11.8 Å². The molecule has 4 nitrogen and oxygen atoms in total. The van der Waals surface area contributed by atoms with Crippen molar-refractivity contribution in [1.29, 1.82) is 0 Å². The molecular weight excluding hydrogens is 348 g/mol. The quantitative estimate of drug-likeness (QED) is 0.485. The summed E-state index contributed by atoms with van der Waals surface area (Å²) in [5, 5.41) is 3.16. The molecule has 1 aliphatic heterocycles. The molecule has 1 atom stereocenters. The Morgan fingerprint density at radius 3 is 2.50 bits per heavy atom. The number of hydrogen-bond donors (Lipinski definition) is 0. The van der Waals surface area contributed by atoms with E-state index in [4.69, 9.17) is 0 Å². The van der Waals surface area contributed by atoms with Crippen LogP contribution in [0.3, 0.4) is 0 Å². The summed E-state index contributed by atoms with van der Waals surface area (Å²) in [4.78, 5) is 27.5. The maximum atomic E-state index is 13.3. The van der Waals surface area contributed by atoms with Crippen molar-refractivity contribution in [3.63, 3.8) is 0 Å². The van der Waals surface area contributed by atoms with Crippen molar-refractivity contribution in [2.24, 2.45) is 0 Å². The molecule has 5 rings (SSSR count). The minimum Gasteiger partial charge on any atom is -0.347 e. The van der Waals surface area contributed by atoms with Gasteiger partial charge >= 0.3 is 0 Å².